The summed E-state index contributed by atoms with van der Waals surface area (Å²) in [6.45, 7) is 6.62. The number of allylic oxidation sites excluding steroid dienone is 2. The minimum atomic E-state index is 0.768. The van der Waals surface area contributed by atoms with Crippen LogP contribution in [0.15, 0.2) is 36.4 Å². The van der Waals surface area contributed by atoms with Crippen molar-refractivity contribution in [1.82, 2.24) is 0 Å². The molecule has 0 saturated carbocycles. The first kappa shape index (κ1) is 11.0. The predicted octanol–water partition coefficient (Wildman–Crippen LogP) is 4.14. The lowest BCUT2D eigenvalue weighted by molar-refractivity contribution is 0.663. The average molecular weight is 188 g/mol. The molecule has 0 aliphatic rings. The Morgan fingerprint density at radius 3 is 2.29 bits per heavy atom. The third kappa shape index (κ3) is 4.27. The molecule has 0 heteroatoms. The van der Waals surface area contributed by atoms with E-state index in [-0.39, 0.29) is 0 Å². The van der Waals surface area contributed by atoms with Gasteiger partial charge in [0.15, 0.2) is 0 Å². The van der Waals surface area contributed by atoms with Crippen molar-refractivity contribution >= 4 is 0 Å². The molecule has 0 radical (unpaired) electrons. The molecule has 0 aromatic heterocycles. The summed E-state index contributed by atoms with van der Waals surface area (Å²) in [6, 6.07) is 8.75. The Hall–Kier alpha value is -1.04. The van der Waals surface area contributed by atoms with Crippen molar-refractivity contribution < 1.29 is 0 Å². The number of aryl methyl sites for hydroxylation is 1. The zero-order valence-electron chi connectivity index (χ0n) is 9.46. The van der Waals surface area contributed by atoms with Gasteiger partial charge in [0.2, 0.25) is 0 Å². The zero-order valence-corrected chi connectivity index (χ0v) is 9.46. The van der Waals surface area contributed by atoms with Gasteiger partial charge in [-0.25, -0.2) is 0 Å². The zero-order chi connectivity index (χ0) is 10.4. The molecular formula is C14H20. The largest absolute Gasteiger partial charge is 0.0880 e. The van der Waals surface area contributed by atoms with E-state index in [2.05, 4.69) is 57.2 Å². The third-order valence-electron chi connectivity index (χ3n) is 2.25. The molecule has 0 N–H and O–H groups in total. The third-order valence-corrected chi connectivity index (χ3v) is 2.25. The Balaban J connectivity index is 2.38. The number of rotatable bonds is 4. The Kier molecular flexibility index (Phi) is 4.45. The van der Waals surface area contributed by atoms with E-state index in [0.717, 1.165) is 12.3 Å². The molecule has 1 aromatic rings. The second kappa shape index (κ2) is 5.64. The molecule has 0 spiro atoms. The molecule has 76 valence electrons. The minimum absolute atomic E-state index is 0.768. The smallest absolute Gasteiger partial charge is 0.00975 e. The van der Waals surface area contributed by atoms with Crippen LogP contribution in [-0.4, -0.2) is 0 Å². The second-order valence-corrected chi connectivity index (χ2v) is 4.29. The molecule has 0 fully saturated rings. The van der Waals surface area contributed by atoms with Gasteiger partial charge in [-0.3, -0.25) is 0 Å². The maximum Gasteiger partial charge on any atom is -0.00975 e. The first-order chi connectivity index (χ1) is 6.68. The van der Waals surface area contributed by atoms with Crippen LogP contribution < -0.4 is 0 Å². The number of benzene rings is 1. The van der Waals surface area contributed by atoms with Crippen LogP contribution in [0, 0.1) is 12.8 Å². The SMILES string of the molecule is Cc1ccc(CC=CCC(C)C)cc1. The first-order valence-electron chi connectivity index (χ1n) is 5.39. The molecule has 1 rings (SSSR count). The fourth-order valence-corrected chi connectivity index (χ4v) is 1.31. The van der Waals surface area contributed by atoms with Gasteiger partial charge in [0, 0.05) is 0 Å². The Morgan fingerprint density at radius 1 is 1.07 bits per heavy atom. The van der Waals surface area contributed by atoms with E-state index >= 15 is 0 Å². The van der Waals surface area contributed by atoms with Crippen LogP contribution in [0.5, 0.6) is 0 Å². The van der Waals surface area contributed by atoms with Crippen LogP contribution in [-0.2, 0) is 6.42 Å². The molecule has 14 heavy (non-hydrogen) atoms. The Bertz CT molecular complexity index is 277. The summed E-state index contributed by atoms with van der Waals surface area (Å²) in [4.78, 5) is 0. The minimum Gasteiger partial charge on any atom is -0.0880 e. The molecule has 0 atom stereocenters. The second-order valence-electron chi connectivity index (χ2n) is 4.29. The van der Waals surface area contributed by atoms with E-state index in [1.165, 1.54) is 17.5 Å². The van der Waals surface area contributed by atoms with E-state index in [1.807, 2.05) is 0 Å². The molecule has 0 nitrogen and oxygen atoms in total. The van der Waals surface area contributed by atoms with Crippen LogP contribution in [0.4, 0.5) is 0 Å². The van der Waals surface area contributed by atoms with Gasteiger partial charge in [0.1, 0.15) is 0 Å². The standard InChI is InChI=1S/C14H20/c1-12(2)6-4-5-7-14-10-8-13(3)9-11-14/h4-5,8-12H,6-7H2,1-3H3. The van der Waals surface area contributed by atoms with Crippen molar-refractivity contribution in [2.75, 3.05) is 0 Å². The highest BCUT2D eigenvalue weighted by Crippen LogP contribution is 2.06. The van der Waals surface area contributed by atoms with E-state index in [4.69, 9.17) is 0 Å². The fraction of sp³-hybridized carbons (Fsp3) is 0.429. The highest BCUT2D eigenvalue weighted by Gasteiger charge is 1.90. The van der Waals surface area contributed by atoms with Crippen LogP contribution in [0.2, 0.25) is 0 Å². The molecule has 0 unspecified atom stereocenters. The summed E-state index contributed by atoms with van der Waals surface area (Å²) in [7, 11) is 0. The molecule has 0 bridgehead atoms. The summed E-state index contributed by atoms with van der Waals surface area (Å²) in [6.07, 6.45) is 6.80. The molecular weight excluding hydrogens is 168 g/mol. The fourth-order valence-electron chi connectivity index (χ4n) is 1.31. The van der Waals surface area contributed by atoms with Gasteiger partial charge in [-0.15, -0.1) is 0 Å². The van der Waals surface area contributed by atoms with Crippen molar-refractivity contribution in [3.05, 3.63) is 47.5 Å². The topological polar surface area (TPSA) is 0 Å². The summed E-state index contributed by atoms with van der Waals surface area (Å²) in [5.74, 6) is 0.768. The highest BCUT2D eigenvalue weighted by molar-refractivity contribution is 5.22. The van der Waals surface area contributed by atoms with Gasteiger partial charge >= 0.3 is 0 Å². The molecule has 0 amide bonds. The normalized spacial score (nSPS) is 11.4. The highest BCUT2D eigenvalue weighted by atomic mass is 14.0. The van der Waals surface area contributed by atoms with Crippen molar-refractivity contribution in [3.63, 3.8) is 0 Å². The van der Waals surface area contributed by atoms with Gasteiger partial charge < -0.3 is 0 Å². The summed E-state index contributed by atoms with van der Waals surface area (Å²) in [5.41, 5.74) is 2.73. The lowest BCUT2D eigenvalue weighted by atomic mass is 10.1. The van der Waals surface area contributed by atoms with E-state index in [1.54, 1.807) is 0 Å². The summed E-state index contributed by atoms with van der Waals surface area (Å²) in [5, 5.41) is 0. The first-order valence-corrected chi connectivity index (χ1v) is 5.39. The Labute approximate surface area is 87.7 Å². The van der Waals surface area contributed by atoms with Crippen LogP contribution in [0.3, 0.4) is 0 Å². The maximum atomic E-state index is 2.28. The summed E-state index contributed by atoms with van der Waals surface area (Å²) < 4.78 is 0. The van der Waals surface area contributed by atoms with Crippen LogP contribution in [0.25, 0.3) is 0 Å². The van der Waals surface area contributed by atoms with Gasteiger partial charge in [-0.05, 0) is 31.2 Å². The van der Waals surface area contributed by atoms with Crippen molar-refractivity contribution in [1.29, 1.82) is 0 Å². The van der Waals surface area contributed by atoms with Gasteiger partial charge in [0.25, 0.3) is 0 Å². The lowest BCUT2D eigenvalue weighted by Crippen LogP contribution is -1.84. The lowest BCUT2D eigenvalue weighted by Gasteiger charge is -1.98. The van der Waals surface area contributed by atoms with Crippen molar-refractivity contribution in [2.45, 2.75) is 33.6 Å². The van der Waals surface area contributed by atoms with Crippen molar-refractivity contribution in [2.24, 2.45) is 5.92 Å². The van der Waals surface area contributed by atoms with Gasteiger partial charge in [-0.2, -0.15) is 0 Å². The average Bonchev–Trinajstić information content (AvgIpc) is 2.15. The van der Waals surface area contributed by atoms with E-state index < -0.39 is 0 Å². The monoisotopic (exact) mass is 188 g/mol. The predicted molar refractivity (Wildman–Crippen MR) is 63.5 cm³/mol. The molecule has 0 aliphatic heterocycles. The Morgan fingerprint density at radius 2 is 1.71 bits per heavy atom. The van der Waals surface area contributed by atoms with Crippen LogP contribution in [0.1, 0.15) is 31.4 Å². The molecule has 0 aliphatic carbocycles. The van der Waals surface area contributed by atoms with Gasteiger partial charge in [-0.1, -0.05) is 55.8 Å². The maximum absolute atomic E-state index is 2.28. The molecule has 0 saturated heterocycles. The number of hydrogen-bond acceptors (Lipinski definition) is 0. The van der Waals surface area contributed by atoms with Crippen molar-refractivity contribution in [3.8, 4) is 0 Å². The summed E-state index contributed by atoms with van der Waals surface area (Å²) >= 11 is 0. The number of hydrogen-bond donors (Lipinski definition) is 0. The molecule has 1 aromatic carbocycles. The van der Waals surface area contributed by atoms with E-state index in [0.29, 0.717) is 0 Å². The van der Waals surface area contributed by atoms with Gasteiger partial charge in [0.05, 0.1) is 0 Å². The van der Waals surface area contributed by atoms with Crippen LogP contribution >= 0.6 is 0 Å². The van der Waals surface area contributed by atoms with E-state index in [9.17, 15) is 0 Å². The quantitative estimate of drug-likeness (QED) is 0.623. The molecule has 0 heterocycles.